The van der Waals surface area contributed by atoms with Crippen molar-refractivity contribution >= 4 is 33.4 Å². The molecule has 1 aliphatic carbocycles. The van der Waals surface area contributed by atoms with Crippen molar-refractivity contribution in [3.63, 3.8) is 0 Å². The highest BCUT2D eigenvalue weighted by Gasteiger charge is 2.25. The van der Waals surface area contributed by atoms with Crippen molar-refractivity contribution < 1.29 is 13.2 Å². The Kier molecular flexibility index (Phi) is 7.85. The van der Waals surface area contributed by atoms with Gasteiger partial charge in [0.25, 0.3) is 0 Å². The second-order valence-electron chi connectivity index (χ2n) is 8.60. The summed E-state index contributed by atoms with van der Waals surface area (Å²) in [5.41, 5.74) is 0.475. The van der Waals surface area contributed by atoms with Gasteiger partial charge < -0.3 is 5.32 Å². The van der Waals surface area contributed by atoms with Gasteiger partial charge in [0.2, 0.25) is 21.1 Å². The summed E-state index contributed by atoms with van der Waals surface area (Å²) < 4.78 is 27.6. The van der Waals surface area contributed by atoms with E-state index < -0.39 is 10.0 Å². The van der Waals surface area contributed by atoms with Gasteiger partial charge in [-0.2, -0.15) is 4.31 Å². The van der Waals surface area contributed by atoms with Crippen LogP contribution in [0.15, 0.2) is 34.3 Å². The lowest BCUT2D eigenvalue weighted by molar-refractivity contribution is -0.113. The summed E-state index contributed by atoms with van der Waals surface area (Å²) in [4.78, 5) is 17.1. The van der Waals surface area contributed by atoms with Crippen molar-refractivity contribution in [3.8, 4) is 0 Å². The van der Waals surface area contributed by atoms with Gasteiger partial charge in [0, 0.05) is 25.2 Å². The molecule has 2 fully saturated rings. The van der Waals surface area contributed by atoms with Crippen LogP contribution in [0.2, 0.25) is 0 Å². The van der Waals surface area contributed by atoms with Gasteiger partial charge in [-0.1, -0.05) is 56.4 Å². The molecular formula is C22H31N5O3S2. The highest BCUT2D eigenvalue weighted by molar-refractivity contribution is 7.99. The van der Waals surface area contributed by atoms with Crippen LogP contribution in [0.25, 0.3) is 0 Å². The molecule has 2 N–H and O–H groups in total. The summed E-state index contributed by atoms with van der Waals surface area (Å²) in [5.74, 6) is 1.50. The largest absolute Gasteiger partial charge is 0.325 e. The summed E-state index contributed by atoms with van der Waals surface area (Å²) in [7, 11) is -3.55. The summed E-state index contributed by atoms with van der Waals surface area (Å²) in [6, 6.07) is 6.49. The standard InChI is InChI=1S/C22H31N5O3S2/c28-21(16-31-22-24-20(25-26-22)14-17-8-3-4-9-17)23-18-10-7-11-19(15-18)32(29,30)27-12-5-1-2-6-13-27/h7,10-11,15,17H,1-6,8-9,12-14,16H2,(H,23,28)(H,24,25,26). The Morgan fingerprint density at radius 2 is 1.88 bits per heavy atom. The molecule has 1 aromatic carbocycles. The van der Waals surface area contributed by atoms with Crippen LogP contribution < -0.4 is 5.32 Å². The molecule has 1 aromatic heterocycles. The molecule has 0 bridgehead atoms. The first-order valence-corrected chi connectivity index (χ1v) is 13.9. The van der Waals surface area contributed by atoms with Crippen LogP contribution >= 0.6 is 11.8 Å². The van der Waals surface area contributed by atoms with Gasteiger partial charge in [-0.15, -0.1) is 5.10 Å². The predicted molar refractivity (Wildman–Crippen MR) is 125 cm³/mol. The number of nitrogens with one attached hydrogen (secondary N) is 2. The molecule has 1 saturated carbocycles. The molecule has 32 heavy (non-hydrogen) atoms. The van der Waals surface area contributed by atoms with Crippen LogP contribution in [-0.4, -0.2) is 52.7 Å². The minimum Gasteiger partial charge on any atom is -0.325 e. The highest BCUT2D eigenvalue weighted by atomic mass is 32.2. The number of thioether (sulfide) groups is 1. The topological polar surface area (TPSA) is 108 Å². The quantitative estimate of drug-likeness (QED) is 0.560. The average Bonchev–Trinajstić information content (AvgIpc) is 3.37. The van der Waals surface area contributed by atoms with E-state index in [1.54, 1.807) is 22.5 Å². The van der Waals surface area contributed by atoms with Crippen LogP contribution in [-0.2, 0) is 21.2 Å². The SMILES string of the molecule is O=C(CSc1n[nH]c(CC2CCCC2)n1)Nc1cccc(S(=O)(=O)N2CCCCCC2)c1. The average molecular weight is 478 g/mol. The molecule has 2 aliphatic rings. The molecule has 1 amide bonds. The van der Waals surface area contributed by atoms with E-state index in [2.05, 4.69) is 20.5 Å². The van der Waals surface area contributed by atoms with E-state index in [0.717, 1.165) is 37.9 Å². The minimum atomic E-state index is -3.55. The van der Waals surface area contributed by atoms with E-state index in [1.807, 2.05) is 0 Å². The number of amides is 1. The molecule has 0 spiro atoms. The van der Waals surface area contributed by atoms with Gasteiger partial charge in [-0.05, 0) is 37.0 Å². The second kappa shape index (κ2) is 10.8. The molecule has 8 nitrogen and oxygen atoms in total. The Bertz CT molecular complexity index is 1010. The van der Waals surface area contributed by atoms with Crippen molar-refractivity contribution in [2.24, 2.45) is 5.92 Å². The van der Waals surface area contributed by atoms with Gasteiger partial charge in [-0.25, -0.2) is 13.4 Å². The molecule has 1 aliphatic heterocycles. The van der Waals surface area contributed by atoms with E-state index in [0.29, 0.717) is 29.9 Å². The number of carbonyl (C=O) groups is 1. The maximum absolute atomic E-state index is 13.0. The van der Waals surface area contributed by atoms with Crippen molar-refractivity contribution in [2.75, 3.05) is 24.2 Å². The zero-order valence-electron chi connectivity index (χ0n) is 18.3. The Labute approximate surface area is 194 Å². The van der Waals surface area contributed by atoms with Gasteiger partial charge in [-0.3, -0.25) is 9.89 Å². The van der Waals surface area contributed by atoms with Gasteiger partial charge in [0.15, 0.2) is 0 Å². The third-order valence-corrected chi connectivity index (χ3v) is 8.86. The molecule has 174 valence electrons. The first-order chi connectivity index (χ1) is 15.5. The van der Waals surface area contributed by atoms with Crippen molar-refractivity contribution in [3.05, 3.63) is 30.1 Å². The Morgan fingerprint density at radius 3 is 2.62 bits per heavy atom. The maximum Gasteiger partial charge on any atom is 0.243 e. The number of rotatable bonds is 8. The van der Waals surface area contributed by atoms with Crippen molar-refractivity contribution in [2.45, 2.75) is 67.8 Å². The third kappa shape index (κ3) is 6.11. The smallest absolute Gasteiger partial charge is 0.243 e. The lowest BCUT2D eigenvalue weighted by Crippen LogP contribution is -2.32. The number of nitrogens with zero attached hydrogens (tertiary/aromatic N) is 3. The fourth-order valence-corrected chi connectivity index (χ4v) is 6.59. The van der Waals surface area contributed by atoms with Crippen LogP contribution in [0.4, 0.5) is 5.69 Å². The summed E-state index contributed by atoms with van der Waals surface area (Å²) >= 11 is 1.27. The molecule has 10 heteroatoms. The fraction of sp³-hybridized carbons (Fsp3) is 0.591. The van der Waals surface area contributed by atoms with Crippen LogP contribution in [0.5, 0.6) is 0 Å². The zero-order valence-corrected chi connectivity index (χ0v) is 19.9. The number of aromatic amines is 1. The van der Waals surface area contributed by atoms with Crippen LogP contribution in [0.3, 0.4) is 0 Å². The first-order valence-electron chi connectivity index (χ1n) is 11.4. The van der Waals surface area contributed by atoms with E-state index in [-0.39, 0.29) is 16.6 Å². The molecule has 4 rings (SSSR count). The maximum atomic E-state index is 13.0. The monoisotopic (exact) mass is 477 g/mol. The van der Waals surface area contributed by atoms with Gasteiger partial charge in [0.05, 0.1) is 10.6 Å². The predicted octanol–water partition coefficient (Wildman–Crippen LogP) is 3.83. The first kappa shape index (κ1) is 23.3. The number of hydrogen-bond acceptors (Lipinski definition) is 6. The number of benzene rings is 1. The number of sulfonamides is 1. The molecule has 0 radical (unpaired) electrons. The second-order valence-corrected chi connectivity index (χ2v) is 11.5. The van der Waals surface area contributed by atoms with E-state index in [4.69, 9.17) is 0 Å². The molecule has 2 heterocycles. The lowest BCUT2D eigenvalue weighted by atomic mass is 10.0. The molecular weight excluding hydrogens is 446 g/mol. The van der Waals surface area contributed by atoms with Crippen LogP contribution in [0.1, 0.15) is 57.2 Å². The summed E-state index contributed by atoms with van der Waals surface area (Å²) in [6.07, 6.45) is 9.89. The number of anilines is 1. The van der Waals surface area contributed by atoms with Gasteiger partial charge >= 0.3 is 0 Å². The Balaban J connectivity index is 1.31. The van der Waals surface area contributed by atoms with Crippen molar-refractivity contribution in [1.29, 1.82) is 0 Å². The van der Waals surface area contributed by atoms with E-state index in [9.17, 15) is 13.2 Å². The van der Waals surface area contributed by atoms with Gasteiger partial charge in [0.1, 0.15) is 5.82 Å². The molecule has 0 unspecified atom stereocenters. The van der Waals surface area contributed by atoms with Crippen LogP contribution in [0, 0.1) is 5.92 Å². The molecule has 2 aromatic rings. The molecule has 1 saturated heterocycles. The number of aromatic nitrogens is 3. The minimum absolute atomic E-state index is 0.157. The Hall–Kier alpha value is -1.91. The van der Waals surface area contributed by atoms with E-state index in [1.165, 1.54) is 43.5 Å². The highest BCUT2D eigenvalue weighted by Crippen LogP contribution is 2.27. The lowest BCUT2D eigenvalue weighted by Gasteiger charge is -2.20. The number of carbonyl (C=O) groups excluding carboxylic acids is 1. The van der Waals surface area contributed by atoms with Crippen molar-refractivity contribution in [1.82, 2.24) is 19.5 Å². The summed E-state index contributed by atoms with van der Waals surface area (Å²) in [6.45, 7) is 1.10. The number of H-pyrrole nitrogens is 1. The number of hydrogen-bond donors (Lipinski definition) is 2. The molecule has 0 atom stereocenters. The Morgan fingerprint density at radius 1 is 1.12 bits per heavy atom. The fourth-order valence-electron chi connectivity index (χ4n) is 4.41. The summed E-state index contributed by atoms with van der Waals surface area (Å²) in [5, 5.41) is 10.5. The van der Waals surface area contributed by atoms with E-state index >= 15 is 0 Å². The zero-order chi connectivity index (χ0) is 22.4. The third-order valence-electron chi connectivity index (χ3n) is 6.12. The normalized spacial score (nSPS) is 18.5.